The second-order valence-electron chi connectivity index (χ2n) is 6.55. The molecule has 0 aromatic carbocycles. The van der Waals surface area contributed by atoms with E-state index in [9.17, 15) is 10.1 Å². The van der Waals surface area contributed by atoms with Crippen LogP contribution in [0.1, 0.15) is 37.7 Å². The van der Waals surface area contributed by atoms with Gasteiger partial charge in [-0.25, -0.2) is 0 Å². The van der Waals surface area contributed by atoms with Crippen molar-refractivity contribution in [3.63, 3.8) is 0 Å². The standard InChI is InChI=1S/C17H18N4O/c18-10-13-15(12-2-7-19-11-14(12)20-16(13)22)21-8-5-17(6-9-21)3-1-4-17/h2,7,11H,1,3-6,8-9H2,(H,20,22). The van der Waals surface area contributed by atoms with Crippen LogP contribution in [0.3, 0.4) is 0 Å². The molecule has 0 bridgehead atoms. The molecule has 5 nitrogen and oxygen atoms in total. The third-order valence-electron chi connectivity index (χ3n) is 5.45. The predicted octanol–water partition coefficient (Wildman–Crippen LogP) is 2.57. The number of nitrogens with zero attached hydrogens (tertiary/aromatic N) is 3. The number of H-pyrrole nitrogens is 1. The van der Waals surface area contributed by atoms with E-state index < -0.39 is 0 Å². The molecule has 22 heavy (non-hydrogen) atoms. The molecule has 112 valence electrons. The van der Waals surface area contributed by atoms with Crippen LogP contribution in [0.4, 0.5) is 5.69 Å². The van der Waals surface area contributed by atoms with Crippen molar-refractivity contribution in [2.75, 3.05) is 18.0 Å². The van der Waals surface area contributed by atoms with E-state index in [-0.39, 0.29) is 11.1 Å². The summed E-state index contributed by atoms with van der Waals surface area (Å²) in [6, 6.07) is 3.98. The van der Waals surface area contributed by atoms with E-state index in [1.165, 1.54) is 19.3 Å². The van der Waals surface area contributed by atoms with Gasteiger partial charge in [-0.1, -0.05) is 6.42 Å². The molecule has 0 unspecified atom stereocenters. The largest absolute Gasteiger partial charge is 0.370 e. The monoisotopic (exact) mass is 294 g/mol. The minimum absolute atomic E-state index is 0.225. The van der Waals surface area contributed by atoms with Crippen molar-refractivity contribution >= 4 is 16.6 Å². The van der Waals surface area contributed by atoms with Gasteiger partial charge in [0.25, 0.3) is 5.56 Å². The van der Waals surface area contributed by atoms with Crippen LogP contribution in [0.25, 0.3) is 10.9 Å². The summed E-state index contributed by atoms with van der Waals surface area (Å²) < 4.78 is 0. The number of pyridine rings is 2. The van der Waals surface area contributed by atoms with Gasteiger partial charge in [-0.3, -0.25) is 9.78 Å². The van der Waals surface area contributed by atoms with Gasteiger partial charge in [-0.2, -0.15) is 5.26 Å². The maximum absolute atomic E-state index is 12.2. The molecular weight excluding hydrogens is 276 g/mol. The summed E-state index contributed by atoms with van der Waals surface area (Å²) in [5.41, 5.74) is 1.94. The van der Waals surface area contributed by atoms with Crippen LogP contribution < -0.4 is 10.5 Å². The number of hydrogen-bond donors (Lipinski definition) is 1. The molecule has 3 heterocycles. The van der Waals surface area contributed by atoms with Gasteiger partial charge in [0, 0.05) is 24.7 Å². The van der Waals surface area contributed by atoms with Gasteiger partial charge in [0.05, 0.1) is 17.4 Å². The highest BCUT2D eigenvalue weighted by Crippen LogP contribution is 2.49. The summed E-state index contributed by atoms with van der Waals surface area (Å²) in [4.78, 5) is 21.2. The van der Waals surface area contributed by atoms with Crippen molar-refractivity contribution in [2.24, 2.45) is 5.41 Å². The van der Waals surface area contributed by atoms with Crippen molar-refractivity contribution in [1.29, 1.82) is 5.26 Å². The fraction of sp³-hybridized carbons (Fsp3) is 0.471. The number of fused-ring (bicyclic) bond motifs is 1. The Balaban J connectivity index is 1.80. The average molecular weight is 294 g/mol. The molecular formula is C17H18N4O. The maximum atomic E-state index is 12.2. The quantitative estimate of drug-likeness (QED) is 0.877. The predicted molar refractivity (Wildman–Crippen MR) is 84.8 cm³/mol. The van der Waals surface area contributed by atoms with E-state index in [2.05, 4.69) is 20.9 Å². The van der Waals surface area contributed by atoms with E-state index in [4.69, 9.17) is 0 Å². The van der Waals surface area contributed by atoms with Crippen LogP contribution in [0.5, 0.6) is 0 Å². The molecule has 5 heteroatoms. The summed E-state index contributed by atoms with van der Waals surface area (Å²) in [5.74, 6) is 0. The Kier molecular flexibility index (Phi) is 2.93. The van der Waals surface area contributed by atoms with Crippen molar-refractivity contribution in [3.05, 3.63) is 34.4 Å². The lowest BCUT2D eigenvalue weighted by molar-refractivity contribution is 0.0956. The number of aromatic nitrogens is 2. The zero-order valence-corrected chi connectivity index (χ0v) is 12.4. The molecule has 2 fully saturated rings. The molecule has 1 N–H and O–H groups in total. The summed E-state index contributed by atoms with van der Waals surface area (Å²) in [6.45, 7) is 1.85. The number of nitrogens with one attached hydrogen (secondary N) is 1. The van der Waals surface area contributed by atoms with Gasteiger partial charge >= 0.3 is 0 Å². The van der Waals surface area contributed by atoms with Gasteiger partial charge in [-0.15, -0.1) is 0 Å². The van der Waals surface area contributed by atoms with Crippen molar-refractivity contribution in [3.8, 4) is 6.07 Å². The molecule has 2 aliphatic rings. The number of anilines is 1. The summed E-state index contributed by atoms with van der Waals surface area (Å²) >= 11 is 0. The first kappa shape index (κ1) is 13.3. The molecule has 1 spiro atoms. The molecule has 0 radical (unpaired) electrons. The zero-order valence-electron chi connectivity index (χ0n) is 12.4. The van der Waals surface area contributed by atoms with E-state index in [1.807, 2.05) is 6.07 Å². The van der Waals surface area contributed by atoms with Gasteiger partial charge in [-0.05, 0) is 37.2 Å². The Morgan fingerprint density at radius 1 is 1.27 bits per heavy atom. The number of piperidine rings is 1. The van der Waals surface area contributed by atoms with Crippen LogP contribution in [0, 0.1) is 16.7 Å². The van der Waals surface area contributed by atoms with Crippen molar-refractivity contribution in [1.82, 2.24) is 9.97 Å². The SMILES string of the molecule is N#Cc1c(N2CCC3(CCC3)CC2)c2ccncc2[nH]c1=O. The molecule has 0 amide bonds. The van der Waals surface area contributed by atoms with Crippen LogP contribution in [0.2, 0.25) is 0 Å². The Morgan fingerprint density at radius 2 is 2.05 bits per heavy atom. The normalized spacial score (nSPS) is 19.9. The first-order chi connectivity index (χ1) is 10.7. The third kappa shape index (κ3) is 1.91. The van der Waals surface area contributed by atoms with E-state index in [0.717, 1.165) is 37.0 Å². The molecule has 1 saturated heterocycles. The lowest BCUT2D eigenvalue weighted by Crippen LogP contribution is -2.44. The average Bonchev–Trinajstić information content (AvgIpc) is 2.52. The fourth-order valence-corrected chi connectivity index (χ4v) is 3.94. The summed E-state index contributed by atoms with van der Waals surface area (Å²) in [6.07, 6.45) is 9.72. The molecule has 1 saturated carbocycles. The van der Waals surface area contributed by atoms with Crippen molar-refractivity contribution < 1.29 is 0 Å². The Morgan fingerprint density at radius 3 is 2.68 bits per heavy atom. The molecule has 1 aliphatic carbocycles. The van der Waals surface area contributed by atoms with Crippen LogP contribution >= 0.6 is 0 Å². The zero-order chi connectivity index (χ0) is 15.2. The Hall–Kier alpha value is -2.35. The number of aromatic amines is 1. The maximum Gasteiger partial charge on any atom is 0.268 e. The fourth-order valence-electron chi connectivity index (χ4n) is 3.94. The van der Waals surface area contributed by atoms with Gasteiger partial charge in [0.15, 0.2) is 0 Å². The number of rotatable bonds is 1. The first-order valence-corrected chi connectivity index (χ1v) is 7.88. The van der Waals surface area contributed by atoms with Crippen LogP contribution in [0.15, 0.2) is 23.3 Å². The molecule has 2 aromatic heterocycles. The van der Waals surface area contributed by atoms with E-state index in [1.54, 1.807) is 12.4 Å². The molecule has 4 rings (SSSR count). The van der Waals surface area contributed by atoms with E-state index in [0.29, 0.717) is 10.9 Å². The van der Waals surface area contributed by atoms with Gasteiger partial charge < -0.3 is 9.88 Å². The third-order valence-corrected chi connectivity index (χ3v) is 5.45. The van der Waals surface area contributed by atoms with E-state index >= 15 is 0 Å². The molecule has 2 aromatic rings. The van der Waals surface area contributed by atoms with Crippen LogP contribution in [-0.4, -0.2) is 23.1 Å². The first-order valence-electron chi connectivity index (χ1n) is 7.88. The minimum Gasteiger partial charge on any atom is -0.370 e. The topological polar surface area (TPSA) is 72.8 Å². The van der Waals surface area contributed by atoms with Gasteiger partial charge in [0.2, 0.25) is 0 Å². The summed E-state index contributed by atoms with van der Waals surface area (Å²) in [5, 5.41) is 10.3. The van der Waals surface area contributed by atoms with Gasteiger partial charge in [0.1, 0.15) is 11.6 Å². The summed E-state index contributed by atoms with van der Waals surface area (Å²) in [7, 11) is 0. The second-order valence-corrected chi connectivity index (χ2v) is 6.55. The Bertz CT molecular complexity index is 819. The number of nitriles is 1. The highest BCUT2D eigenvalue weighted by Gasteiger charge is 2.40. The lowest BCUT2D eigenvalue weighted by Gasteiger charge is -2.48. The number of hydrogen-bond acceptors (Lipinski definition) is 4. The molecule has 0 atom stereocenters. The minimum atomic E-state index is -0.318. The molecule has 1 aliphatic heterocycles. The van der Waals surface area contributed by atoms with Crippen LogP contribution in [-0.2, 0) is 0 Å². The van der Waals surface area contributed by atoms with Crippen molar-refractivity contribution in [2.45, 2.75) is 32.1 Å². The lowest BCUT2D eigenvalue weighted by atomic mass is 9.63. The highest BCUT2D eigenvalue weighted by molar-refractivity contribution is 5.93. The highest BCUT2D eigenvalue weighted by atomic mass is 16.1. The Labute approximate surface area is 128 Å². The smallest absolute Gasteiger partial charge is 0.268 e. The second kappa shape index (κ2) is 4.84.